The van der Waals surface area contributed by atoms with Gasteiger partial charge < -0.3 is 10.1 Å². The normalized spacial score (nSPS) is 10.4. The van der Waals surface area contributed by atoms with E-state index in [2.05, 4.69) is 10.1 Å². The van der Waals surface area contributed by atoms with E-state index in [-0.39, 0.29) is 17.2 Å². The first-order valence-corrected chi connectivity index (χ1v) is 5.67. The van der Waals surface area contributed by atoms with Crippen LogP contribution in [0.4, 0.5) is 15.8 Å². The van der Waals surface area contributed by atoms with E-state index in [0.717, 1.165) is 19.2 Å². The Bertz CT molecular complexity index is 503. The molecule has 0 heterocycles. The number of nitro benzene ring substituents is 1. The number of nitro groups is 1. The topological polar surface area (TPSA) is 81.5 Å². The Morgan fingerprint density at radius 3 is 2.63 bits per heavy atom. The smallest absolute Gasteiger partial charge is 0.340 e. The molecular weight excluding hydrogens is 255 g/mol. The molecule has 7 heteroatoms. The van der Waals surface area contributed by atoms with E-state index in [1.54, 1.807) is 0 Å². The van der Waals surface area contributed by atoms with Crippen LogP contribution in [0.1, 0.15) is 24.2 Å². The summed E-state index contributed by atoms with van der Waals surface area (Å²) in [6, 6.07) is 1.82. The summed E-state index contributed by atoms with van der Waals surface area (Å²) >= 11 is 0. The summed E-state index contributed by atoms with van der Waals surface area (Å²) in [4.78, 5) is 21.5. The maximum absolute atomic E-state index is 13.6. The molecule has 6 nitrogen and oxygen atoms in total. The van der Waals surface area contributed by atoms with Gasteiger partial charge in [0.05, 0.1) is 23.7 Å². The Hall–Kier alpha value is -2.18. The lowest BCUT2D eigenvalue weighted by Crippen LogP contribution is -2.12. The highest BCUT2D eigenvalue weighted by atomic mass is 19.1. The van der Waals surface area contributed by atoms with Crippen molar-refractivity contribution in [3.05, 3.63) is 33.6 Å². The number of ether oxygens (including phenoxy) is 1. The zero-order valence-corrected chi connectivity index (χ0v) is 10.9. The van der Waals surface area contributed by atoms with E-state index in [9.17, 15) is 19.3 Å². The molecule has 1 N–H and O–H groups in total. The third-order valence-electron chi connectivity index (χ3n) is 2.39. The fourth-order valence-electron chi connectivity index (χ4n) is 1.44. The number of hydrogen-bond donors (Lipinski definition) is 1. The van der Waals surface area contributed by atoms with E-state index >= 15 is 0 Å². The first-order valence-electron chi connectivity index (χ1n) is 5.67. The predicted octanol–water partition coefficient (Wildman–Crippen LogP) is 2.59. The van der Waals surface area contributed by atoms with Crippen LogP contribution >= 0.6 is 0 Å². The molecule has 1 aromatic rings. The molecule has 0 saturated heterocycles. The lowest BCUT2D eigenvalue weighted by Gasteiger charge is -2.11. The number of methoxy groups -OCH3 is 1. The van der Waals surface area contributed by atoms with E-state index < -0.39 is 22.4 Å². The second kappa shape index (κ2) is 6.12. The first kappa shape index (κ1) is 14.9. The molecule has 0 spiro atoms. The van der Waals surface area contributed by atoms with Gasteiger partial charge >= 0.3 is 5.97 Å². The number of benzene rings is 1. The quantitative estimate of drug-likeness (QED) is 0.505. The van der Waals surface area contributed by atoms with Gasteiger partial charge in [-0.25, -0.2) is 9.18 Å². The number of halogens is 1. The third kappa shape index (κ3) is 3.64. The molecule has 0 aromatic heterocycles. The number of rotatable bonds is 5. The summed E-state index contributed by atoms with van der Waals surface area (Å²) in [6.07, 6.45) is 0. The predicted molar refractivity (Wildman–Crippen MR) is 67.7 cm³/mol. The molecule has 19 heavy (non-hydrogen) atoms. The average Bonchev–Trinajstić information content (AvgIpc) is 2.35. The number of nitrogens with one attached hydrogen (secondary N) is 1. The Morgan fingerprint density at radius 1 is 1.53 bits per heavy atom. The van der Waals surface area contributed by atoms with Crippen LogP contribution in [-0.2, 0) is 4.74 Å². The van der Waals surface area contributed by atoms with Gasteiger partial charge in [-0.2, -0.15) is 0 Å². The minimum atomic E-state index is -0.978. The minimum Gasteiger partial charge on any atom is -0.465 e. The lowest BCUT2D eigenvalue weighted by atomic mass is 10.1. The van der Waals surface area contributed by atoms with Gasteiger partial charge in [0, 0.05) is 6.54 Å². The van der Waals surface area contributed by atoms with Gasteiger partial charge in [0.2, 0.25) is 0 Å². The molecular formula is C12H15FN2O4. The van der Waals surface area contributed by atoms with Gasteiger partial charge in [-0.3, -0.25) is 10.1 Å². The van der Waals surface area contributed by atoms with Gasteiger partial charge in [0.25, 0.3) is 5.69 Å². The molecule has 0 aliphatic heterocycles. The number of carbonyl (C=O) groups excluding carboxylic acids is 1. The molecule has 0 saturated carbocycles. The summed E-state index contributed by atoms with van der Waals surface area (Å²) in [6.45, 7) is 4.31. The molecule has 0 amide bonds. The van der Waals surface area contributed by atoms with Crippen molar-refractivity contribution in [1.82, 2.24) is 0 Å². The van der Waals surface area contributed by atoms with Crippen LogP contribution in [0.3, 0.4) is 0 Å². The summed E-state index contributed by atoms with van der Waals surface area (Å²) in [5.74, 6) is -1.61. The number of nitrogens with zero attached hydrogens (tertiary/aromatic N) is 1. The highest BCUT2D eigenvalue weighted by molar-refractivity contribution is 5.91. The molecule has 0 radical (unpaired) electrons. The maximum Gasteiger partial charge on any atom is 0.340 e. The second-order valence-corrected chi connectivity index (χ2v) is 4.37. The minimum absolute atomic E-state index is 0.0977. The Balaban J connectivity index is 3.23. The first-order chi connectivity index (χ1) is 8.86. The molecule has 0 atom stereocenters. The molecule has 0 unspecified atom stereocenters. The van der Waals surface area contributed by atoms with E-state index in [1.807, 2.05) is 13.8 Å². The number of anilines is 1. The van der Waals surface area contributed by atoms with Gasteiger partial charge in [-0.15, -0.1) is 0 Å². The zero-order valence-electron chi connectivity index (χ0n) is 10.9. The largest absolute Gasteiger partial charge is 0.465 e. The van der Waals surface area contributed by atoms with Crippen molar-refractivity contribution in [2.24, 2.45) is 5.92 Å². The van der Waals surface area contributed by atoms with Crippen molar-refractivity contribution in [3.8, 4) is 0 Å². The van der Waals surface area contributed by atoms with Crippen molar-refractivity contribution in [2.75, 3.05) is 19.0 Å². The molecule has 104 valence electrons. The van der Waals surface area contributed by atoms with Crippen molar-refractivity contribution in [2.45, 2.75) is 13.8 Å². The van der Waals surface area contributed by atoms with Crippen molar-refractivity contribution < 1.29 is 18.8 Å². The van der Waals surface area contributed by atoms with Crippen molar-refractivity contribution in [1.29, 1.82) is 0 Å². The van der Waals surface area contributed by atoms with E-state index in [0.29, 0.717) is 6.54 Å². The van der Waals surface area contributed by atoms with Gasteiger partial charge in [-0.05, 0) is 12.0 Å². The van der Waals surface area contributed by atoms with Crippen LogP contribution in [0.25, 0.3) is 0 Å². The van der Waals surface area contributed by atoms with Gasteiger partial charge in [0.15, 0.2) is 0 Å². The highest BCUT2D eigenvalue weighted by Gasteiger charge is 2.22. The third-order valence-corrected chi connectivity index (χ3v) is 2.39. The van der Waals surface area contributed by atoms with E-state index in [4.69, 9.17) is 0 Å². The van der Waals surface area contributed by atoms with Crippen molar-refractivity contribution in [3.63, 3.8) is 0 Å². The van der Waals surface area contributed by atoms with Crippen LogP contribution in [0.5, 0.6) is 0 Å². The van der Waals surface area contributed by atoms with Gasteiger partial charge in [0.1, 0.15) is 11.5 Å². The van der Waals surface area contributed by atoms with Crippen LogP contribution in [-0.4, -0.2) is 24.5 Å². The zero-order chi connectivity index (χ0) is 14.6. The monoisotopic (exact) mass is 270 g/mol. The molecule has 0 aliphatic carbocycles. The number of hydrogen-bond acceptors (Lipinski definition) is 5. The summed E-state index contributed by atoms with van der Waals surface area (Å²) < 4.78 is 18.0. The molecule has 0 aliphatic rings. The van der Waals surface area contributed by atoms with E-state index in [1.165, 1.54) is 0 Å². The number of carbonyl (C=O) groups is 1. The fourth-order valence-corrected chi connectivity index (χ4v) is 1.44. The molecule has 1 rings (SSSR count). The maximum atomic E-state index is 13.6. The lowest BCUT2D eigenvalue weighted by molar-refractivity contribution is -0.384. The molecule has 0 bridgehead atoms. The molecule has 1 aromatic carbocycles. The van der Waals surface area contributed by atoms with Crippen LogP contribution in [0, 0.1) is 21.8 Å². The standard InChI is InChI=1S/C12H15FN2O4/c1-7(2)6-14-10-4-8(12(16)19-3)9(13)5-11(10)15(17)18/h4-5,7,14H,6H2,1-3H3. The Morgan fingerprint density at radius 2 is 2.16 bits per heavy atom. The summed E-state index contributed by atoms with van der Waals surface area (Å²) in [5, 5.41) is 13.7. The van der Waals surface area contributed by atoms with Crippen molar-refractivity contribution >= 4 is 17.3 Å². The SMILES string of the molecule is COC(=O)c1cc(NCC(C)C)c([N+](=O)[O-])cc1F. The Labute approximate surface area is 109 Å². The Kier molecular flexibility index (Phi) is 4.80. The second-order valence-electron chi connectivity index (χ2n) is 4.37. The number of esters is 1. The van der Waals surface area contributed by atoms with Crippen LogP contribution in [0.2, 0.25) is 0 Å². The molecule has 0 fully saturated rings. The summed E-state index contributed by atoms with van der Waals surface area (Å²) in [5.41, 5.74) is -0.648. The van der Waals surface area contributed by atoms with Gasteiger partial charge in [-0.1, -0.05) is 13.8 Å². The fraction of sp³-hybridized carbons (Fsp3) is 0.417. The highest BCUT2D eigenvalue weighted by Crippen LogP contribution is 2.28. The summed E-state index contributed by atoms with van der Waals surface area (Å²) in [7, 11) is 1.12. The average molecular weight is 270 g/mol. The van der Waals surface area contributed by atoms with Crippen LogP contribution in [0.15, 0.2) is 12.1 Å². The van der Waals surface area contributed by atoms with Crippen LogP contribution < -0.4 is 5.32 Å².